The number of pyridine rings is 1. The normalized spacial score (nSPS) is 10.6. The van der Waals surface area contributed by atoms with E-state index in [1.165, 1.54) is 10.9 Å². The zero-order valence-corrected chi connectivity index (χ0v) is 19.3. The molecule has 0 unspecified atom stereocenters. The fraction of sp³-hybridized carbons (Fsp3) is 0.231. The molecule has 2 aromatic carbocycles. The summed E-state index contributed by atoms with van der Waals surface area (Å²) in [6, 6.07) is 17.4. The second kappa shape index (κ2) is 10.0. The maximum absolute atomic E-state index is 12.7. The van der Waals surface area contributed by atoms with Gasteiger partial charge in [-0.3, -0.25) is 4.79 Å². The number of aromatic nitrogens is 3. The van der Waals surface area contributed by atoms with Crippen molar-refractivity contribution in [3.8, 4) is 23.4 Å². The summed E-state index contributed by atoms with van der Waals surface area (Å²) in [6.07, 6.45) is 2.18. The Bertz CT molecular complexity index is 1390. The van der Waals surface area contributed by atoms with E-state index in [1.54, 1.807) is 7.11 Å². The fourth-order valence-electron chi connectivity index (χ4n) is 3.70. The number of nitrogens with zero attached hydrogens (tertiary/aromatic N) is 4. The number of amides is 1. The van der Waals surface area contributed by atoms with Crippen molar-refractivity contribution in [1.82, 2.24) is 14.8 Å². The second-order valence-corrected chi connectivity index (χ2v) is 7.85. The second-order valence-electron chi connectivity index (χ2n) is 7.85. The van der Waals surface area contributed by atoms with Crippen molar-refractivity contribution in [3.05, 3.63) is 71.4 Å². The van der Waals surface area contributed by atoms with Crippen molar-refractivity contribution in [2.24, 2.45) is 0 Å². The van der Waals surface area contributed by atoms with Crippen LogP contribution in [0.3, 0.4) is 0 Å². The lowest BCUT2D eigenvalue weighted by Gasteiger charge is -2.13. The minimum atomic E-state index is -0.235. The van der Waals surface area contributed by atoms with Crippen molar-refractivity contribution < 1.29 is 14.3 Å². The van der Waals surface area contributed by atoms with E-state index in [0.717, 1.165) is 22.3 Å². The molecule has 8 nitrogen and oxygen atoms in total. The molecular formula is C26H25N5O3. The molecule has 0 aliphatic carbocycles. The Morgan fingerprint density at radius 3 is 2.68 bits per heavy atom. The lowest BCUT2D eigenvalue weighted by Crippen LogP contribution is -2.17. The number of hydrogen-bond donors (Lipinski definition) is 1. The van der Waals surface area contributed by atoms with Gasteiger partial charge in [-0.1, -0.05) is 30.3 Å². The molecule has 34 heavy (non-hydrogen) atoms. The van der Waals surface area contributed by atoms with Crippen LogP contribution in [-0.4, -0.2) is 34.4 Å². The Morgan fingerprint density at radius 2 is 1.91 bits per heavy atom. The molecule has 0 saturated carbocycles. The van der Waals surface area contributed by atoms with Crippen molar-refractivity contribution in [1.29, 1.82) is 5.26 Å². The van der Waals surface area contributed by atoms with E-state index in [9.17, 15) is 10.1 Å². The van der Waals surface area contributed by atoms with Gasteiger partial charge in [0.25, 0.3) is 0 Å². The Labute approximate surface area is 197 Å². The summed E-state index contributed by atoms with van der Waals surface area (Å²) in [6.45, 7) is 4.35. The van der Waals surface area contributed by atoms with Gasteiger partial charge >= 0.3 is 0 Å². The van der Waals surface area contributed by atoms with E-state index in [4.69, 9.17) is 14.5 Å². The van der Waals surface area contributed by atoms with Crippen LogP contribution >= 0.6 is 0 Å². The number of benzene rings is 2. The van der Waals surface area contributed by atoms with Gasteiger partial charge in [0, 0.05) is 11.8 Å². The third-order valence-electron chi connectivity index (χ3n) is 5.48. The molecule has 0 bridgehead atoms. The van der Waals surface area contributed by atoms with Gasteiger partial charge in [-0.2, -0.15) is 15.0 Å². The molecule has 0 fully saturated rings. The minimum Gasteiger partial charge on any atom is -0.494 e. The van der Waals surface area contributed by atoms with Gasteiger partial charge in [-0.05, 0) is 49.6 Å². The number of anilines is 1. The van der Waals surface area contributed by atoms with Crippen LogP contribution in [0.4, 0.5) is 5.82 Å². The highest BCUT2D eigenvalue weighted by atomic mass is 16.5. The summed E-state index contributed by atoms with van der Waals surface area (Å²) in [7, 11) is 1.59. The molecule has 2 aromatic heterocycles. The van der Waals surface area contributed by atoms with Crippen LogP contribution in [0, 0.1) is 25.2 Å². The first kappa shape index (κ1) is 22.8. The number of para-hydroxylation sites is 2. The van der Waals surface area contributed by atoms with E-state index in [-0.39, 0.29) is 23.7 Å². The third-order valence-corrected chi connectivity index (χ3v) is 5.48. The summed E-state index contributed by atoms with van der Waals surface area (Å²) in [5.41, 5.74) is 2.95. The first-order valence-electron chi connectivity index (χ1n) is 10.9. The van der Waals surface area contributed by atoms with Crippen LogP contribution in [0.15, 0.2) is 54.7 Å². The van der Waals surface area contributed by atoms with E-state index in [0.29, 0.717) is 30.1 Å². The van der Waals surface area contributed by atoms with E-state index in [2.05, 4.69) is 16.5 Å². The van der Waals surface area contributed by atoms with E-state index in [1.807, 2.05) is 62.4 Å². The zero-order valence-electron chi connectivity index (χ0n) is 19.3. The number of hydrogen-bond acceptors (Lipinski definition) is 6. The van der Waals surface area contributed by atoms with Gasteiger partial charge in [0.05, 0.1) is 19.9 Å². The fourth-order valence-corrected chi connectivity index (χ4v) is 3.70. The first-order valence-corrected chi connectivity index (χ1v) is 10.9. The topological polar surface area (TPSA) is 102 Å². The van der Waals surface area contributed by atoms with E-state index >= 15 is 0 Å². The van der Waals surface area contributed by atoms with Crippen LogP contribution in [-0.2, 0) is 4.79 Å². The van der Waals surface area contributed by atoms with Gasteiger partial charge in [0.15, 0.2) is 11.6 Å². The number of rotatable bonds is 8. The average Bonchev–Trinajstić information content (AvgIpc) is 3.24. The van der Waals surface area contributed by atoms with Gasteiger partial charge < -0.3 is 14.8 Å². The molecule has 4 aromatic rings. The Balaban J connectivity index is 1.52. The zero-order chi connectivity index (χ0) is 24.1. The number of ether oxygens (including phenoxy) is 2. The number of carbonyl (C=O) groups is 1. The quantitative estimate of drug-likeness (QED) is 0.386. The largest absolute Gasteiger partial charge is 0.494 e. The number of fused-ring (bicyclic) bond motifs is 1. The number of carbonyl (C=O) groups excluding carboxylic acids is 1. The predicted octanol–water partition coefficient (Wildman–Crippen LogP) is 4.72. The molecule has 0 aliphatic heterocycles. The lowest BCUT2D eigenvalue weighted by molar-refractivity contribution is -0.116. The molecule has 1 N–H and O–H groups in total. The summed E-state index contributed by atoms with van der Waals surface area (Å²) >= 11 is 0. The van der Waals surface area contributed by atoms with Crippen LogP contribution in [0.5, 0.6) is 11.5 Å². The molecule has 0 radical (unpaired) electrons. The summed E-state index contributed by atoms with van der Waals surface area (Å²) in [5.74, 6) is 1.97. The molecule has 172 valence electrons. The maximum Gasteiger partial charge on any atom is 0.225 e. The molecule has 0 spiro atoms. The Hall–Kier alpha value is -4.38. The smallest absolute Gasteiger partial charge is 0.225 e. The number of aryl methyl sites for hydroxylation is 2. The molecule has 0 aliphatic rings. The highest BCUT2D eigenvalue weighted by Crippen LogP contribution is 2.29. The van der Waals surface area contributed by atoms with Crippen molar-refractivity contribution in [2.75, 3.05) is 19.0 Å². The van der Waals surface area contributed by atoms with Gasteiger partial charge in [-0.25, -0.2) is 4.98 Å². The maximum atomic E-state index is 12.7. The highest BCUT2D eigenvalue weighted by Gasteiger charge is 2.18. The van der Waals surface area contributed by atoms with Crippen LogP contribution in [0.25, 0.3) is 16.7 Å². The monoisotopic (exact) mass is 455 g/mol. The van der Waals surface area contributed by atoms with Crippen LogP contribution in [0.1, 0.15) is 29.5 Å². The average molecular weight is 456 g/mol. The lowest BCUT2D eigenvalue weighted by atomic mass is 10.1. The van der Waals surface area contributed by atoms with Crippen LogP contribution < -0.4 is 14.8 Å². The summed E-state index contributed by atoms with van der Waals surface area (Å²) < 4.78 is 12.7. The number of nitriles is 1. The molecule has 4 rings (SSSR count). The van der Waals surface area contributed by atoms with Gasteiger partial charge in [-0.15, -0.1) is 0 Å². The Kier molecular flexibility index (Phi) is 6.74. The number of nitrogens with one attached hydrogen (secondary N) is 1. The summed E-state index contributed by atoms with van der Waals surface area (Å²) in [4.78, 5) is 17.4. The molecule has 1 amide bonds. The van der Waals surface area contributed by atoms with Crippen molar-refractivity contribution >= 4 is 22.6 Å². The molecule has 0 saturated heterocycles. The highest BCUT2D eigenvalue weighted by molar-refractivity contribution is 5.92. The first-order chi connectivity index (χ1) is 16.5. The molecule has 0 atom stereocenters. The van der Waals surface area contributed by atoms with Crippen molar-refractivity contribution in [2.45, 2.75) is 26.7 Å². The SMILES string of the molecule is COc1cccc2c(C)cc(-n3ncc(C#N)c3NC(=O)CCCOc3ccccc3C)nc12. The molecule has 8 heteroatoms. The Morgan fingerprint density at radius 1 is 1.12 bits per heavy atom. The number of methoxy groups -OCH3 is 1. The minimum absolute atomic E-state index is 0.235. The predicted molar refractivity (Wildman–Crippen MR) is 129 cm³/mol. The molecular weight excluding hydrogens is 430 g/mol. The standard InChI is InChI=1S/C26H25N5O3/c1-17-8-4-5-10-21(17)34-13-7-12-24(32)30-26-19(15-27)16-28-31(26)23-14-18(2)20-9-6-11-22(33-3)25(20)29-23/h4-6,8-11,14,16H,7,12-13H2,1-3H3,(H,30,32). The van der Waals surface area contributed by atoms with Crippen LogP contribution in [0.2, 0.25) is 0 Å². The third kappa shape index (κ3) is 4.69. The van der Waals surface area contributed by atoms with Gasteiger partial charge in [0.1, 0.15) is 28.6 Å². The van der Waals surface area contributed by atoms with E-state index < -0.39 is 0 Å². The van der Waals surface area contributed by atoms with Gasteiger partial charge in [0.2, 0.25) is 5.91 Å². The molecule has 2 heterocycles. The van der Waals surface area contributed by atoms with Crippen molar-refractivity contribution in [3.63, 3.8) is 0 Å². The summed E-state index contributed by atoms with van der Waals surface area (Å²) in [5, 5.41) is 17.6.